The smallest absolute Gasteiger partial charge is 0.139 e. The van der Waals surface area contributed by atoms with E-state index in [2.05, 4.69) is 31.0 Å². The Morgan fingerprint density at radius 2 is 1.93 bits per heavy atom. The van der Waals surface area contributed by atoms with E-state index in [1.165, 1.54) is 11.0 Å². The van der Waals surface area contributed by atoms with Gasteiger partial charge < -0.3 is 4.74 Å². The fraction of sp³-hybridized carbons (Fsp3) is 0.0833. The summed E-state index contributed by atoms with van der Waals surface area (Å²) < 4.78 is 5.61. The van der Waals surface area contributed by atoms with E-state index in [0.717, 1.165) is 5.75 Å². The first-order valence-electron chi connectivity index (χ1n) is 4.93. The van der Waals surface area contributed by atoms with Crippen molar-refractivity contribution in [3.8, 4) is 5.75 Å². The minimum atomic E-state index is 0.603. The third kappa shape index (κ3) is 2.84. The highest BCUT2D eigenvalue weighted by Crippen LogP contribution is 2.09. The number of ether oxygens (including phenoxy) is 1. The van der Waals surface area contributed by atoms with Crippen molar-refractivity contribution in [3.05, 3.63) is 54.4 Å². The molecule has 1 aromatic heterocycles. The maximum Gasteiger partial charge on any atom is 0.139 e. The average Bonchev–Trinajstić information content (AvgIpc) is 2.28. The van der Waals surface area contributed by atoms with Crippen molar-refractivity contribution in [2.75, 3.05) is 0 Å². The lowest BCUT2D eigenvalue weighted by Crippen LogP contribution is -2.04. The van der Waals surface area contributed by atoms with Gasteiger partial charge in [-0.3, -0.25) is 4.98 Å². The molecule has 2 aromatic rings. The molecule has 1 heterocycles. The van der Waals surface area contributed by atoms with Crippen molar-refractivity contribution in [2.45, 2.75) is 6.61 Å². The largest absolute Gasteiger partial charge is 0.489 e. The quantitative estimate of drug-likeness (QED) is 0.682. The monoisotopic (exact) mass is 197 g/mol. The Morgan fingerprint density at radius 3 is 2.67 bits per heavy atom. The number of pyridine rings is 1. The van der Waals surface area contributed by atoms with Gasteiger partial charge in [0.05, 0.1) is 0 Å². The first-order chi connectivity index (χ1) is 7.34. The Balaban J connectivity index is 1.99. The lowest BCUT2D eigenvalue weighted by atomic mass is 9.95. The van der Waals surface area contributed by atoms with Gasteiger partial charge in [-0.05, 0) is 17.7 Å². The molecule has 0 N–H and O–H groups in total. The number of hydrogen-bond donors (Lipinski definition) is 0. The Hall–Kier alpha value is -1.77. The van der Waals surface area contributed by atoms with E-state index in [4.69, 9.17) is 4.74 Å². The van der Waals surface area contributed by atoms with Crippen LogP contribution in [0.25, 0.3) is 0 Å². The zero-order valence-electron chi connectivity index (χ0n) is 8.68. The molecule has 2 rings (SSSR count). The highest BCUT2D eigenvalue weighted by Gasteiger charge is 1.95. The van der Waals surface area contributed by atoms with Crippen molar-refractivity contribution >= 4 is 13.3 Å². The molecule has 0 aliphatic rings. The number of hydrogen-bond acceptors (Lipinski definition) is 2. The van der Waals surface area contributed by atoms with Crippen molar-refractivity contribution < 1.29 is 4.74 Å². The van der Waals surface area contributed by atoms with E-state index in [1.54, 1.807) is 12.4 Å². The van der Waals surface area contributed by atoms with Gasteiger partial charge in [0.25, 0.3) is 0 Å². The van der Waals surface area contributed by atoms with E-state index < -0.39 is 0 Å². The molecule has 15 heavy (non-hydrogen) atoms. The zero-order chi connectivity index (χ0) is 10.5. The fourth-order valence-electron chi connectivity index (χ4n) is 1.40. The molecule has 0 fully saturated rings. The normalized spacial score (nSPS) is 9.87. The topological polar surface area (TPSA) is 22.1 Å². The van der Waals surface area contributed by atoms with Crippen molar-refractivity contribution in [1.82, 2.24) is 4.98 Å². The second kappa shape index (κ2) is 4.64. The van der Waals surface area contributed by atoms with E-state index in [9.17, 15) is 0 Å². The fourth-order valence-corrected chi connectivity index (χ4v) is 1.40. The molecular weight excluding hydrogens is 185 g/mol. The SMILES string of the molecule is Bc1cccc(COc2ccncc2)c1. The highest BCUT2D eigenvalue weighted by molar-refractivity contribution is 6.32. The predicted octanol–water partition coefficient (Wildman–Crippen LogP) is 0.919. The Bertz CT molecular complexity index is 431. The third-order valence-corrected chi connectivity index (χ3v) is 2.14. The summed E-state index contributed by atoms with van der Waals surface area (Å²) in [4.78, 5) is 3.93. The molecule has 1 aromatic carbocycles. The van der Waals surface area contributed by atoms with Crippen LogP contribution >= 0.6 is 0 Å². The van der Waals surface area contributed by atoms with Crippen molar-refractivity contribution in [2.24, 2.45) is 0 Å². The van der Waals surface area contributed by atoms with Gasteiger partial charge in [-0.2, -0.15) is 0 Å². The van der Waals surface area contributed by atoms with Crippen molar-refractivity contribution in [3.63, 3.8) is 0 Å². The first kappa shape index (κ1) is 9.78. The minimum Gasteiger partial charge on any atom is -0.489 e. The van der Waals surface area contributed by atoms with Crippen LogP contribution in [0.4, 0.5) is 0 Å². The molecule has 0 spiro atoms. The van der Waals surface area contributed by atoms with Crippen LogP contribution in [0.15, 0.2) is 48.8 Å². The maximum absolute atomic E-state index is 5.61. The van der Waals surface area contributed by atoms with Gasteiger partial charge in [0, 0.05) is 12.4 Å². The van der Waals surface area contributed by atoms with Gasteiger partial charge >= 0.3 is 0 Å². The minimum absolute atomic E-state index is 0.603. The maximum atomic E-state index is 5.61. The summed E-state index contributed by atoms with van der Waals surface area (Å²) >= 11 is 0. The van der Waals surface area contributed by atoms with Crippen molar-refractivity contribution in [1.29, 1.82) is 0 Å². The second-order valence-electron chi connectivity index (χ2n) is 3.46. The van der Waals surface area contributed by atoms with Crippen LogP contribution in [-0.2, 0) is 6.61 Å². The van der Waals surface area contributed by atoms with Crippen LogP contribution in [0.1, 0.15) is 5.56 Å². The summed E-state index contributed by atoms with van der Waals surface area (Å²) in [5.74, 6) is 0.853. The lowest BCUT2D eigenvalue weighted by Gasteiger charge is -2.06. The second-order valence-corrected chi connectivity index (χ2v) is 3.46. The van der Waals surface area contributed by atoms with E-state index >= 15 is 0 Å². The molecule has 74 valence electrons. The first-order valence-corrected chi connectivity index (χ1v) is 4.93. The van der Waals surface area contributed by atoms with E-state index in [0.29, 0.717) is 6.61 Å². The summed E-state index contributed by atoms with van der Waals surface area (Å²) in [5.41, 5.74) is 2.44. The summed E-state index contributed by atoms with van der Waals surface area (Å²) in [6.45, 7) is 0.603. The molecular formula is C12H12BNO. The molecule has 0 saturated carbocycles. The highest BCUT2D eigenvalue weighted by atomic mass is 16.5. The van der Waals surface area contributed by atoms with E-state index in [-0.39, 0.29) is 0 Å². The third-order valence-electron chi connectivity index (χ3n) is 2.14. The van der Waals surface area contributed by atoms with Crippen LogP contribution in [-0.4, -0.2) is 12.8 Å². The predicted molar refractivity (Wildman–Crippen MR) is 63.2 cm³/mol. The van der Waals surface area contributed by atoms with Gasteiger partial charge in [-0.15, -0.1) is 0 Å². The summed E-state index contributed by atoms with van der Waals surface area (Å²) in [6.07, 6.45) is 3.46. The molecule has 0 radical (unpaired) electrons. The molecule has 0 aliphatic heterocycles. The van der Waals surface area contributed by atoms with Crippen LogP contribution in [0.2, 0.25) is 0 Å². The van der Waals surface area contributed by atoms with Gasteiger partial charge in [0.2, 0.25) is 0 Å². The summed E-state index contributed by atoms with van der Waals surface area (Å²) in [7, 11) is 2.08. The number of aromatic nitrogens is 1. The molecule has 2 nitrogen and oxygen atoms in total. The molecule has 0 atom stereocenters. The Morgan fingerprint density at radius 1 is 1.13 bits per heavy atom. The Kier molecular flexibility index (Phi) is 3.03. The standard InChI is InChI=1S/C12H12BNO/c13-11-3-1-2-10(8-11)9-15-12-4-6-14-7-5-12/h1-8H,9,13H2. The molecule has 3 heteroatoms. The van der Waals surface area contributed by atoms with Gasteiger partial charge in [0.1, 0.15) is 20.2 Å². The molecule has 0 saturated heterocycles. The van der Waals surface area contributed by atoms with Crippen LogP contribution < -0.4 is 10.2 Å². The van der Waals surface area contributed by atoms with Gasteiger partial charge in [-0.1, -0.05) is 29.7 Å². The number of nitrogens with zero attached hydrogens (tertiary/aromatic N) is 1. The lowest BCUT2D eigenvalue weighted by molar-refractivity contribution is 0.306. The summed E-state index contributed by atoms with van der Waals surface area (Å²) in [5, 5.41) is 0. The van der Waals surface area contributed by atoms with Gasteiger partial charge in [0.15, 0.2) is 0 Å². The van der Waals surface area contributed by atoms with Gasteiger partial charge in [-0.25, -0.2) is 0 Å². The average molecular weight is 197 g/mol. The molecule has 0 amide bonds. The van der Waals surface area contributed by atoms with E-state index in [1.807, 2.05) is 18.2 Å². The number of rotatable bonds is 3. The Labute approximate surface area is 90.3 Å². The number of benzene rings is 1. The van der Waals surface area contributed by atoms with Crippen LogP contribution in [0, 0.1) is 0 Å². The summed E-state index contributed by atoms with van der Waals surface area (Å²) in [6, 6.07) is 12.0. The van der Waals surface area contributed by atoms with Crippen LogP contribution in [0.5, 0.6) is 5.75 Å². The molecule has 0 unspecified atom stereocenters. The molecule has 0 aliphatic carbocycles. The zero-order valence-corrected chi connectivity index (χ0v) is 8.68. The molecule has 0 bridgehead atoms. The van der Waals surface area contributed by atoms with Crippen LogP contribution in [0.3, 0.4) is 0 Å².